The highest BCUT2D eigenvalue weighted by Gasteiger charge is 2.26. The van der Waals surface area contributed by atoms with Crippen LogP contribution in [0.5, 0.6) is 0 Å². The summed E-state index contributed by atoms with van der Waals surface area (Å²) in [6.45, 7) is 6.77. The van der Waals surface area contributed by atoms with Crippen LogP contribution in [0.15, 0.2) is 11.1 Å². The fourth-order valence-electron chi connectivity index (χ4n) is 2.31. The molecule has 0 radical (unpaired) electrons. The van der Waals surface area contributed by atoms with Crippen molar-refractivity contribution in [2.75, 3.05) is 0 Å². The first-order valence-electron chi connectivity index (χ1n) is 6.20. The standard InChI is InChI=1S/C14H23N/c1-4-5-6-7-12-8-9-14(2,3)10-13(12)11-15/h4-10H2,1-3H3. The van der Waals surface area contributed by atoms with Crippen LogP contribution in [0.1, 0.15) is 65.7 Å². The molecule has 0 saturated carbocycles. The first kappa shape index (κ1) is 12.3. The van der Waals surface area contributed by atoms with Crippen molar-refractivity contribution in [1.82, 2.24) is 0 Å². The highest BCUT2D eigenvalue weighted by molar-refractivity contribution is 5.31. The summed E-state index contributed by atoms with van der Waals surface area (Å²) >= 11 is 0. The van der Waals surface area contributed by atoms with E-state index in [9.17, 15) is 0 Å². The number of allylic oxidation sites excluding steroid dienone is 2. The largest absolute Gasteiger partial charge is 0.193 e. The van der Waals surface area contributed by atoms with Gasteiger partial charge in [0, 0.05) is 5.57 Å². The van der Waals surface area contributed by atoms with Gasteiger partial charge in [-0.25, -0.2) is 0 Å². The molecule has 0 heterocycles. The van der Waals surface area contributed by atoms with Crippen LogP contribution in [-0.2, 0) is 0 Å². The maximum Gasteiger partial charge on any atom is 0.0946 e. The molecule has 0 atom stereocenters. The first-order chi connectivity index (χ1) is 7.09. The molecule has 0 unspecified atom stereocenters. The van der Waals surface area contributed by atoms with Gasteiger partial charge in [0.15, 0.2) is 0 Å². The lowest BCUT2D eigenvalue weighted by Crippen LogP contribution is -2.18. The first-order valence-corrected chi connectivity index (χ1v) is 6.20. The Morgan fingerprint density at radius 2 is 2.07 bits per heavy atom. The van der Waals surface area contributed by atoms with E-state index in [1.165, 1.54) is 31.3 Å². The lowest BCUT2D eigenvalue weighted by molar-refractivity contribution is 0.314. The Bertz CT molecular complexity index is 278. The Kier molecular flexibility index (Phi) is 4.39. The highest BCUT2D eigenvalue weighted by atomic mass is 14.3. The summed E-state index contributed by atoms with van der Waals surface area (Å²) in [5.74, 6) is 0. The van der Waals surface area contributed by atoms with Crippen LogP contribution in [-0.4, -0.2) is 0 Å². The van der Waals surface area contributed by atoms with E-state index in [-0.39, 0.29) is 0 Å². The molecule has 1 heteroatoms. The van der Waals surface area contributed by atoms with E-state index in [1.54, 1.807) is 0 Å². The number of rotatable bonds is 4. The van der Waals surface area contributed by atoms with Gasteiger partial charge in [-0.2, -0.15) is 5.26 Å². The molecule has 0 fully saturated rings. The summed E-state index contributed by atoms with van der Waals surface area (Å²) in [7, 11) is 0. The topological polar surface area (TPSA) is 23.8 Å². The van der Waals surface area contributed by atoms with E-state index in [0.717, 1.165) is 24.8 Å². The Labute approximate surface area is 94.2 Å². The molecular weight excluding hydrogens is 182 g/mol. The van der Waals surface area contributed by atoms with Gasteiger partial charge in [-0.1, -0.05) is 39.2 Å². The van der Waals surface area contributed by atoms with Gasteiger partial charge in [0.1, 0.15) is 0 Å². The zero-order chi connectivity index (χ0) is 11.3. The molecule has 1 aliphatic rings. The molecule has 0 aromatic heterocycles. The van der Waals surface area contributed by atoms with Crippen LogP contribution in [0.3, 0.4) is 0 Å². The van der Waals surface area contributed by atoms with Crippen molar-refractivity contribution in [2.45, 2.75) is 65.7 Å². The van der Waals surface area contributed by atoms with E-state index < -0.39 is 0 Å². The predicted octanol–water partition coefficient (Wildman–Crippen LogP) is 4.60. The second-order valence-electron chi connectivity index (χ2n) is 5.49. The number of nitriles is 1. The van der Waals surface area contributed by atoms with Gasteiger partial charge in [0.25, 0.3) is 0 Å². The van der Waals surface area contributed by atoms with Crippen LogP contribution >= 0.6 is 0 Å². The normalized spacial score (nSPS) is 20.1. The van der Waals surface area contributed by atoms with E-state index in [1.807, 2.05) is 0 Å². The summed E-state index contributed by atoms with van der Waals surface area (Å²) in [6.07, 6.45) is 8.38. The van der Waals surface area contributed by atoms with Crippen molar-refractivity contribution in [2.24, 2.45) is 5.41 Å². The smallest absolute Gasteiger partial charge is 0.0946 e. The Morgan fingerprint density at radius 1 is 1.33 bits per heavy atom. The van der Waals surface area contributed by atoms with Gasteiger partial charge < -0.3 is 0 Å². The van der Waals surface area contributed by atoms with Crippen LogP contribution in [0.2, 0.25) is 0 Å². The molecule has 0 saturated heterocycles. The second-order valence-corrected chi connectivity index (χ2v) is 5.49. The van der Waals surface area contributed by atoms with E-state index >= 15 is 0 Å². The van der Waals surface area contributed by atoms with Gasteiger partial charge in [-0.05, 0) is 37.5 Å². The average Bonchev–Trinajstić information content (AvgIpc) is 2.20. The highest BCUT2D eigenvalue weighted by Crippen LogP contribution is 2.39. The van der Waals surface area contributed by atoms with E-state index in [2.05, 4.69) is 26.8 Å². The van der Waals surface area contributed by atoms with Crippen LogP contribution in [0.25, 0.3) is 0 Å². The lowest BCUT2D eigenvalue weighted by Gasteiger charge is -2.30. The second kappa shape index (κ2) is 5.35. The number of nitrogens with zero attached hydrogens (tertiary/aromatic N) is 1. The molecule has 1 rings (SSSR count). The molecule has 0 aliphatic heterocycles. The van der Waals surface area contributed by atoms with Gasteiger partial charge in [0.05, 0.1) is 6.07 Å². The molecule has 1 aliphatic carbocycles. The Morgan fingerprint density at radius 3 is 2.67 bits per heavy atom. The van der Waals surface area contributed by atoms with Gasteiger partial charge in [-0.15, -0.1) is 0 Å². The maximum atomic E-state index is 9.14. The zero-order valence-electron chi connectivity index (χ0n) is 10.4. The van der Waals surface area contributed by atoms with Crippen LogP contribution in [0, 0.1) is 16.7 Å². The summed E-state index contributed by atoms with van der Waals surface area (Å²) < 4.78 is 0. The average molecular weight is 205 g/mol. The van der Waals surface area contributed by atoms with Crippen molar-refractivity contribution in [1.29, 1.82) is 5.26 Å². The predicted molar refractivity (Wildman–Crippen MR) is 64.4 cm³/mol. The van der Waals surface area contributed by atoms with Gasteiger partial charge in [-0.3, -0.25) is 0 Å². The molecule has 0 bridgehead atoms. The number of hydrogen-bond acceptors (Lipinski definition) is 1. The minimum absolute atomic E-state index is 0.347. The fourth-order valence-corrected chi connectivity index (χ4v) is 2.31. The van der Waals surface area contributed by atoms with E-state index in [0.29, 0.717) is 5.41 Å². The van der Waals surface area contributed by atoms with Crippen molar-refractivity contribution in [3.63, 3.8) is 0 Å². The summed E-state index contributed by atoms with van der Waals surface area (Å²) in [6, 6.07) is 2.42. The summed E-state index contributed by atoms with van der Waals surface area (Å²) in [4.78, 5) is 0. The summed E-state index contributed by atoms with van der Waals surface area (Å²) in [5, 5.41) is 9.14. The molecule has 1 nitrogen and oxygen atoms in total. The molecule has 0 aromatic rings. The minimum atomic E-state index is 0.347. The molecule has 0 amide bonds. The molecule has 0 aromatic carbocycles. The van der Waals surface area contributed by atoms with Crippen LogP contribution < -0.4 is 0 Å². The third-order valence-corrected chi connectivity index (χ3v) is 3.40. The summed E-state index contributed by atoms with van der Waals surface area (Å²) in [5.41, 5.74) is 2.88. The molecular formula is C14H23N. The lowest BCUT2D eigenvalue weighted by atomic mass is 9.74. The van der Waals surface area contributed by atoms with Crippen molar-refractivity contribution < 1.29 is 0 Å². The van der Waals surface area contributed by atoms with Crippen molar-refractivity contribution in [3.8, 4) is 6.07 Å². The fraction of sp³-hybridized carbons (Fsp3) is 0.786. The Balaban J connectivity index is 2.61. The molecule has 0 N–H and O–H groups in total. The zero-order valence-corrected chi connectivity index (χ0v) is 10.4. The molecule has 84 valence electrons. The SMILES string of the molecule is CCCCCC1=C(C#N)CC(C)(C)CC1. The van der Waals surface area contributed by atoms with Gasteiger partial charge >= 0.3 is 0 Å². The van der Waals surface area contributed by atoms with Crippen LogP contribution in [0.4, 0.5) is 0 Å². The number of hydrogen-bond donors (Lipinski definition) is 0. The molecule has 15 heavy (non-hydrogen) atoms. The quantitative estimate of drug-likeness (QED) is 0.615. The monoisotopic (exact) mass is 205 g/mol. The van der Waals surface area contributed by atoms with Crippen molar-refractivity contribution >= 4 is 0 Å². The minimum Gasteiger partial charge on any atom is -0.193 e. The van der Waals surface area contributed by atoms with Gasteiger partial charge in [0.2, 0.25) is 0 Å². The third-order valence-electron chi connectivity index (χ3n) is 3.40. The third kappa shape index (κ3) is 3.70. The van der Waals surface area contributed by atoms with Crippen molar-refractivity contribution in [3.05, 3.63) is 11.1 Å². The maximum absolute atomic E-state index is 9.14. The molecule has 0 spiro atoms. The van der Waals surface area contributed by atoms with E-state index in [4.69, 9.17) is 5.26 Å². The Hall–Kier alpha value is -0.770. The number of unbranched alkanes of at least 4 members (excludes halogenated alkanes) is 2.